The van der Waals surface area contributed by atoms with E-state index in [9.17, 15) is 39.9 Å². The summed E-state index contributed by atoms with van der Waals surface area (Å²) in [6, 6.07) is 18.5. The van der Waals surface area contributed by atoms with Gasteiger partial charge in [-0.3, -0.25) is 9.59 Å². The Bertz CT molecular complexity index is 2180. The van der Waals surface area contributed by atoms with E-state index in [4.69, 9.17) is 42.1 Å². The Morgan fingerprint density at radius 1 is 0.949 bits per heavy atom. The van der Waals surface area contributed by atoms with Crippen LogP contribution in [0.25, 0.3) is 11.1 Å². The molecule has 18 heteroatoms. The van der Waals surface area contributed by atoms with Crippen LogP contribution in [-0.4, -0.2) is 90.1 Å². The molecule has 0 unspecified atom stereocenters. The van der Waals surface area contributed by atoms with Gasteiger partial charge in [-0.2, -0.15) is 0 Å². The van der Waals surface area contributed by atoms with Crippen LogP contribution in [0.4, 0.5) is 11.4 Å². The molecule has 6 atom stereocenters. The first kappa shape index (κ1) is 48.1. The molecule has 6 rings (SSSR count). The average molecular weight is 882 g/mol. The maximum Gasteiger partial charge on any atom is 1.00 e. The fourth-order valence-corrected chi connectivity index (χ4v) is 7.75. The number of aliphatic carboxylic acids is 1. The normalized spacial score (nSPS) is 20.5. The van der Waals surface area contributed by atoms with Crippen molar-refractivity contribution in [2.75, 3.05) is 32.4 Å². The summed E-state index contributed by atoms with van der Waals surface area (Å²) in [5, 5.41) is 58.1. The molecule has 4 aromatic carbocycles. The molecule has 14 nitrogen and oxygen atoms in total. The number of anilines is 2. The number of carbonyl (C=O) groups excluding carboxylic acids is 2. The van der Waals surface area contributed by atoms with Crippen LogP contribution in [0.1, 0.15) is 36.1 Å². The van der Waals surface area contributed by atoms with Crippen molar-refractivity contribution in [3.8, 4) is 28.4 Å². The first-order valence-corrected chi connectivity index (χ1v) is 19.9. The molecular weight excluding hydrogens is 838 g/mol. The van der Waals surface area contributed by atoms with Crippen LogP contribution in [0.3, 0.4) is 0 Å². The number of aliphatic hydroxyl groups excluding tert-OH is 4. The summed E-state index contributed by atoms with van der Waals surface area (Å²) in [5.41, 5.74) is 4.35. The fourth-order valence-electron chi connectivity index (χ4n) is 6.79. The fraction of sp³-hybridized carbons (Fsp3) is 0.341. The molecule has 1 aliphatic heterocycles. The van der Waals surface area contributed by atoms with Gasteiger partial charge in [-0.1, -0.05) is 53.5 Å². The summed E-state index contributed by atoms with van der Waals surface area (Å²) in [4.78, 5) is 36.3. The molecule has 1 aliphatic carbocycles. The summed E-state index contributed by atoms with van der Waals surface area (Å²) in [7, 11) is 2.87. The van der Waals surface area contributed by atoms with Crippen molar-refractivity contribution in [2.45, 2.75) is 67.8 Å². The van der Waals surface area contributed by atoms with E-state index in [1.807, 2.05) is 12.3 Å². The van der Waals surface area contributed by atoms with E-state index in [0.29, 0.717) is 67.2 Å². The molecular formula is C41H43Cl2N2NaO12S. The predicted octanol–water partition coefficient (Wildman–Crippen LogP) is 0.788. The van der Waals surface area contributed by atoms with Crippen LogP contribution in [0, 0.1) is 0 Å². The number of thioether (sulfide) groups is 1. The second kappa shape index (κ2) is 21.8. The van der Waals surface area contributed by atoms with Crippen molar-refractivity contribution in [2.24, 2.45) is 0 Å². The van der Waals surface area contributed by atoms with Crippen LogP contribution in [0.2, 0.25) is 10.0 Å². The van der Waals surface area contributed by atoms with Gasteiger partial charge in [0.2, 0.25) is 17.9 Å². The number of halogens is 2. The second-order valence-electron chi connectivity index (χ2n) is 13.3. The molecule has 1 fully saturated rings. The summed E-state index contributed by atoms with van der Waals surface area (Å²) in [6.07, 6.45) is -4.81. The van der Waals surface area contributed by atoms with Gasteiger partial charge in [0.05, 0.1) is 47.5 Å². The van der Waals surface area contributed by atoms with E-state index in [1.54, 1.807) is 60.7 Å². The van der Waals surface area contributed by atoms with Crippen LogP contribution in [0.15, 0.2) is 76.4 Å². The Morgan fingerprint density at radius 3 is 2.24 bits per heavy atom. The Morgan fingerprint density at radius 2 is 1.63 bits per heavy atom. The number of carboxylic acid groups (broad SMARTS) is 1. The zero-order valence-corrected chi connectivity index (χ0v) is 37.2. The number of aliphatic hydroxyl groups is 4. The van der Waals surface area contributed by atoms with Crippen LogP contribution >= 0.6 is 35.0 Å². The van der Waals surface area contributed by atoms with Crippen molar-refractivity contribution < 1.29 is 83.6 Å². The molecule has 59 heavy (non-hydrogen) atoms. The third-order valence-electron chi connectivity index (χ3n) is 9.54. The third kappa shape index (κ3) is 11.2. The van der Waals surface area contributed by atoms with Gasteiger partial charge in [0, 0.05) is 30.6 Å². The van der Waals surface area contributed by atoms with Gasteiger partial charge in [0.15, 0.2) is 16.9 Å². The van der Waals surface area contributed by atoms with Crippen molar-refractivity contribution in [3.63, 3.8) is 0 Å². The summed E-state index contributed by atoms with van der Waals surface area (Å²) in [6.45, 7) is 0.815. The molecule has 1 amide bonds. The van der Waals surface area contributed by atoms with Crippen LogP contribution < -0.4 is 64.9 Å². The number of carboxylic acids is 1. The molecule has 0 radical (unpaired) electrons. The van der Waals surface area contributed by atoms with E-state index < -0.39 is 49.3 Å². The van der Waals surface area contributed by atoms with Gasteiger partial charge in [-0.05, 0) is 77.7 Å². The quantitative estimate of drug-likeness (QED) is 0.0908. The van der Waals surface area contributed by atoms with E-state index in [1.165, 1.54) is 32.9 Å². The smallest absolute Gasteiger partial charge is 0.550 e. The standard InChI is InChI=1S/C27H33NO10S.C14H11Cl2NO2.Na/c1-12(30)28-16-7-5-13-9-18(37-27-24(34)23(33)22(32)19(11-29)38-27)25(35-2)26(36-3)21(13)14-6-8-20(39-4)17(31)10-15(14)16;15-10-5-3-6-11(16)14(10)17-12-7-2-1-4-9(12)8-13(18)19;/h6,8-10,16,19,22-24,27,29,32-34H,5,7,11H2,1-4H3,(H,28,30);1-7,17H,8H2,(H,18,19);/q;;+1/p-1/t16-,19+,22+,23-,24+,27+;;/m0../s1. The average Bonchev–Trinajstić information content (AvgIpc) is 3.44. The van der Waals surface area contributed by atoms with Crippen molar-refractivity contribution in [1.29, 1.82) is 0 Å². The first-order valence-electron chi connectivity index (χ1n) is 18.0. The van der Waals surface area contributed by atoms with Crippen molar-refractivity contribution in [3.05, 3.63) is 104 Å². The summed E-state index contributed by atoms with van der Waals surface area (Å²) in [5.74, 6) is -0.789. The van der Waals surface area contributed by atoms with Gasteiger partial charge in [-0.25, -0.2) is 0 Å². The Hall–Kier alpha value is -3.58. The van der Waals surface area contributed by atoms with E-state index >= 15 is 0 Å². The molecule has 1 heterocycles. The molecule has 310 valence electrons. The molecule has 4 aromatic rings. The van der Waals surface area contributed by atoms with E-state index in [-0.39, 0.29) is 58.8 Å². The van der Waals surface area contributed by atoms with Gasteiger partial charge in [0.1, 0.15) is 24.4 Å². The largest absolute Gasteiger partial charge is 1.00 e. The van der Waals surface area contributed by atoms with Gasteiger partial charge in [0.25, 0.3) is 0 Å². The van der Waals surface area contributed by atoms with Crippen LogP contribution in [-0.2, 0) is 27.2 Å². The van der Waals surface area contributed by atoms with Gasteiger partial charge in [-0.15, -0.1) is 11.8 Å². The van der Waals surface area contributed by atoms with Crippen LogP contribution in [0.5, 0.6) is 17.2 Å². The van der Waals surface area contributed by atoms with Gasteiger partial charge >= 0.3 is 29.6 Å². The number of hydrogen-bond donors (Lipinski definition) is 6. The maximum atomic E-state index is 13.0. The number of fused-ring (bicyclic) bond motifs is 3. The van der Waals surface area contributed by atoms with Crippen molar-refractivity contribution >= 4 is 58.2 Å². The molecule has 6 N–H and O–H groups in total. The number of nitrogens with one attached hydrogen (secondary N) is 2. The Labute approximate surface area is 377 Å². The van der Waals surface area contributed by atoms with E-state index in [0.717, 1.165) is 5.56 Å². The minimum Gasteiger partial charge on any atom is -0.550 e. The monoisotopic (exact) mass is 880 g/mol. The number of aryl methyl sites for hydroxylation is 1. The molecule has 1 saturated heterocycles. The van der Waals surface area contributed by atoms with Gasteiger partial charge < -0.3 is 59.9 Å². The summed E-state index contributed by atoms with van der Waals surface area (Å²) < 4.78 is 23.0. The zero-order valence-electron chi connectivity index (χ0n) is 32.9. The molecule has 0 bridgehead atoms. The molecule has 0 spiro atoms. The van der Waals surface area contributed by atoms with E-state index in [2.05, 4.69) is 10.6 Å². The number of benzene rings is 3. The first-order chi connectivity index (χ1) is 27.7. The second-order valence-corrected chi connectivity index (χ2v) is 15.0. The molecule has 0 saturated carbocycles. The minimum atomic E-state index is -1.62. The number of para-hydroxylation sites is 2. The number of rotatable bonds is 11. The number of methoxy groups -OCH3 is 2. The third-order valence-corrected chi connectivity index (χ3v) is 11.0. The minimum absolute atomic E-state index is 0. The topological polar surface area (TPSA) is 216 Å². The predicted molar refractivity (Wildman–Crippen MR) is 217 cm³/mol. The summed E-state index contributed by atoms with van der Waals surface area (Å²) >= 11 is 13.4. The zero-order chi connectivity index (χ0) is 42.3. The molecule has 2 aliphatic rings. The maximum absolute atomic E-state index is 13.0. The Kier molecular flexibility index (Phi) is 17.8. The number of ether oxygens (including phenoxy) is 4. The van der Waals surface area contributed by atoms with Crippen molar-refractivity contribution in [1.82, 2.24) is 5.32 Å². The number of carbonyl (C=O) groups is 2. The number of amides is 1. The SMILES string of the molecule is COc1c(O[C@@H]2O[C@H](CO)[C@@H](O)[C@H](O)[C@H]2O)cc2c(c1OC)-c1ccc(SC)c(=O)cc1[C@@H](NC(C)=O)CC2.O=C([O-])Cc1ccccc1Nc1c(Cl)cccc1Cl.[Na+]. The Balaban J connectivity index is 0.000000322. The molecule has 0 aromatic heterocycles. The number of hydrogen-bond acceptors (Lipinski definition) is 14.